The summed E-state index contributed by atoms with van der Waals surface area (Å²) in [5.41, 5.74) is 2.33. The van der Waals surface area contributed by atoms with Crippen LogP contribution in [0.15, 0.2) is 29.3 Å². The van der Waals surface area contributed by atoms with E-state index in [1.165, 1.54) is 56.9 Å². The van der Waals surface area contributed by atoms with Crippen LogP contribution < -0.4 is 0 Å². The fourth-order valence-corrected chi connectivity index (χ4v) is 3.48. The molecule has 1 nitrogen and oxygen atoms in total. The molecule has 0 aliphatic heterocycles. The zero-order chi connectivity index (χ0) is 14.2. The van der Waals surface area contributed by atoms with Crippen LogP contribution >= 0.6 is 12.2 Å². The Hall–Kier alpha value is -0.980. The lowest BCUT2D eigenvalue weighted by Crippen LogP contribution is -2.15. The van der Waals surface area contributed by atoms with Crippen LogP contribution in [0.3, 0.4) is 0 Å². The number of hydrogen-bond acceptors (Lipinski definition) is 2. The van der Waals surface area contributed by atoms with E-state index in [-0.39, 0.29) is 0 Å². The summed E-state index contributed by atoms with van der Waals surface area (Å²) in [5, 5.41) is 2.41. The lowest BCUT2D eigenvalue weighted by atomic mass is 9.78. The number of hydrogen-bond donors (Lipinski definition) is 0. The van der Waals surface area contributed by atoms with Crippen molar-refractivity contribution in [1.29, 1.82) is 0 Å². The molecule has 108 valence electrons. The predicted octanol–water partition coefficient (Wildman–Crippen LogP) is 5.96. The molecule has 0 N–H and O–H groups in total. The molecule has 1 aromatic carbocycles. The minimum Gasteiger partial charge on any atom is -0.195 e. The van der Waals surface area contributed by atoms with Crippen LogP contribution in [0.4, 0.5) is 5.69 Å². The van der Waals surface area contributed by atoms with Crippen molar-refractivity contribution in [3.63, 3.8) is 0 Å². The fourth-order valence-electron chi connectivity index (χ4n) is 3.38. The molecule has 2 rings (SSSR count). The van der Waals surface area contributed by atoms with E-state index in [1.807, 2.05) is 12.1 Å². The number of isothiocyanates is 1. The molecule has 0 saturated heterocycles. The highest BCUT2D eigenvalue weighted by Gasteiger charge is 2.20. The standard InChI is InChI=1S/C18H25NS/c1-2-3-15-4-6-16(7-5-15)8-9-17-10-12-18(13-11-17)19-14-20/h10-13,15-16H,2-9H2,1H3/t15-,16-. The SMILES string of the molecule is CCC[C@H]1CC[C@H](CCc2ccc(N=C=S)cc2)CC1. The molecule has 1 saturated carbocycles. The van der Waals surface area contributed by atoms with Crippen molar-refractivity contribution in [2.24, 2.45) is 16.8 Å². The Morgan fingerprint density at radius 1 is 1.05 bits per heavy atom. The molecular formula is C18H25NS. The van der Waals surface area contributed by atoms with Crippen molar-refractivity contribution in [2.45, 2.75) is 58.3 Å². The summed E-state index contributed by atoms with van der Waals surface area (Å²) < 4.78 is 0. The van der Waals surface area contributed by atoms with Gasteiger partial charge in [-0.1, -0.05) is 57.6 Å². The van der Waals surface area contributed by atoms with Crippen LogP contribution in [0, 0.1) is 11.8 Å². The van der Waals surface area contributed by atoms with E-state index >= 15 is 0 Å². The van der Waals surface area contributed by atoms with Crippen molar-refractivity contribution in [2.75, 3.05) is 0 Å². The maximum Gasteiger partial charge on any atom is 0.0739 e. The molecule has 1 aromatic rings. The maximum atomic E-state index is 4.61. The lowest BCUT2D eigenvalue weighted by molar-refractivity contribution is 0.252. The molecule has 0 aromatic heterocycles. The summed E-state index contributed by atoms with van der Waals surface area (Å²) in [5.74, 6) is 1.96. The first-order valence-corrected chi connectivity index (χ1v) is 8.39. The third-order valence-electron chi connectivity index (χ3n) is 4.62. The van der Waals surface area contributed by atoms with Gasteiger partial charge in [-0.15, -0.1) is 0 Å². The second kappa shape index (κ2) is 8.34. The van der Waals surface area contributed by atoms with Crippen LogP contribution in [0.1, 0.15) is 57.4 Å². The average Bonchev–Trinajstić information content (AvgIpc) is 2.49. The summed E-state index contributed by atoms with van der Waals surface area (Å²) in [4.78, 5) is 3.99. The molecule has 1 aliphatic carbocycles. The molecule has 0 atom stereocenters. The molecule has 0 amide bonds. The van der Waals surface area contributed by atoms with E-state index in [4.69, 9.17) is 0 Å². The van der Waals surface area contributed by atoms with Crippen molar-refractivity contribution in [3.8, 4) is 0 Å². The normalized spacial score (nSPS) is 22.2. The quantitative estimate of drug-likeness (QED) is 0.464. The number of thiocarbonyl (C=S) groups is 1. The van der Waals surface area contributed by atoms with Gasteiger partial charge in [0.15, 0.2) is 0 Å². The minimum atomic E-state index is 0.906. The Kier molecular flexibility index (Phi) is 6.42. The van der Waals surface area contributed by atoms with Gasteiger partial charge in [-0.2, -0.15) is 4.99 Å². The summed E-state index contributed by atoms with van der Waals surface area (Å²) in [7, 11) is 0. The molecule has 0 radical (unpaired) electrons. The van der Waals surface area contributed by atoms with Crippen molar-refractivity contribution >= 4 is 23.1 Å². The minimum absolute atomic E-state index is 0.906. The van der Waals surface area contributed by atoms with E-state index in [0.29, 0.717) is 0 Å². The predicted molar refractivity (Wildman–Crippen MR) is 89.8 cm³/mol. The van der Waals surface area contributed by atoms with Gasteiger partial charge in [-0.05, 0) is 54.6 Å². The highest BCUT2D eigenvalue weighted by atomic mass is 32.1. The number of rotatable bonds is 6. The fraction of sp³-hybridized carbons (Fsp3) is 0.611. The Balaban J connectivity index is 1.74. The summed E-state index contributed by atoms with van der Waals surface area (Å²) in [6.07, 6.45) is 11.1. The van der Waals surface area contributed by atoms with E-state index in [2.05, 4.69) is 41.4 Å². The molecule has 0 unspecified atom stereocenters. The molecule has 0 bridgehead atoms. The second-order valence-corrected chi connectivity index (χ2v) is 6.27. The van der Waals surface area contributed by atoms with Gasteiger partial charge in [-0.3, -0.25) is 0 Å². The largest absolute Gasteiger partial charge is 0.195 e. The van der Waals surface area contributed by atoms with E-state index in [9.17, 15) is 0 Å². The zero-order valence-corrected chi connectivity index (χ0v) is 13.3. The van der Waals surface area contributed by atoms with Crippen LogP contribution in [0.5, 0.6) is 0 Å². The number of aryl methyl sites for hydroxylation is 1. The van der Waals surface area contributed by atoms with Crippen molar-refractivity contribution in [1.82, 2.24) is 0 Å². The van der Waals surface area contributed by atoms with Gasteiger partial charge in [0, 0.05) is 0 Å². The maximum absolute atomic E-state index is 4.61. The van der Waals surface area contributed by atoms with Gasteiger partial charge in [0.05, 0.1) is 10.8 Å². The van der Waals surface area contributed by atoms with Crippen molar-refractivity contribution in [3.05, 3.63) is 29.8 Å². The van der Waals surface area contributed by atoms with E-state index < -0.39 is 0 Å². The average molecular weight is 287 g/mol. The lowest BCUT2D eigenvalue weighted by Gasteiger charge is -2.28. The second-order valence-electron chi connectivity index (χ2n) is 6.08. The molecule has 1 aliphatic rings. The Morgan fingerprint density at radius 3 is 2.20 bits per heavy atom. The molecule has 0 heterocycles. The monoisotopic (exact) mass is 287 g/mol. The molecule has 0 spiro atoms. The zero-order valence-electron chi connectivity index (χ0n) is 12.5. The molecule has 1 fully saturated rings. The summed E-state index contributed by atoms with van der Waals surface area (Å²) in [6, 6.07) is 8.42. The smallest absolute Gasteiger partial charge is 0.0739 e. The first-order valence-electron chi connectivity index (χ1n) is 7.98. The third kappa shape index (κ3) is 4.85. The van der Waals surface area contributed by atoms with Crippen LogP contribution in [-0.2, 0) is 6.42 Å². The van der Waals surface area contributed by atoms with Gasteiger partial charge < -0.3 is 0 Å². The van der Waals surface area contributed by atoms with Gasteiger partial charge in [0.25, 0.3) is 0 Å². The highest BCUT2D eigenvalue weighted by molar-refractivity contribution is 7.78. The molecule has 2 heteroatoms. The van der Waals surface area contributed by atoms with Gasteiger partial charge >= 0.3 is 0 Å². The van der Waals surface area contributed by atoms with Crippen LogP contribution in [0.2, 0.25) is 0 Å². The van der Waals surface area contributed by atoms with Crippen LogP contribution in [-0.4, -0.2) is 5.16 Å². The number of benzene rings is 1. The van der Waals surface area contributed by atoms with Crippen molar-refractivity contribution < 1.29 is 0 Å². The Labute approximate surface area is 128 Å². The first-order chi connectivity index (χ1) is 9.81. The van der Waals surface area contributed by atoms with E-state index in [1.54, 1.807) is 0 Å². The van der Waals surface area contributed by atoms with Gasteiger partial charge in [0.2, 0.25) is 0 Å². The van der Waals surface area contributed by atoms with Gasteiger partial charge in [-0.25, -0.2) is 0 Å². The topological polar surface area (TPSA) is 12.4 Å². The van der Waals surface area contributed by atoms with E-state index in [0.717, 1.165) is 17.5 Å². The van der Waals surface area contributed by atoms with Crippen LogP contribution in [0.25, 0.3) is 0 Å². The Morgan fingerprint density at radius 2 is 1.65 bits per heavy atom. The third-order valence-corrected chi connectivity index (χ3v) is 4.71. The highest BCUT2D eigenvalue weighted by Crippen LogP contribution is 2.33. The summed E-state index contributed by atoms with van der Waals surface area (Å²) >= 11 is 4.61. The molecular weight excluding hydrogens is 262 g/mol. The van der Waals surface area contributed by atoms with Gasteiger partial charge in [0.1, 0.15) is 0 Å². The summed E-state index contributed by atoms with van der Waals surface area (Å²) in [6.45, 7) is 2.31. The number of aliphatic imine (C=N–C) groups is 1. The molecule has 20 heavy (non-hydrogen) atoms. The first kappa shape index (κ1) is 15.4. The Bertz CT molecular complexity index is 437. The number of nitrogens with zero attached hydrogens (tertiary/aromatic N) is 1.